The van der Waals surface area contributed by atoms with Crippen molar-refractivity contribution in [1.82, 2.24) is 0 Å². The van der Waals surface area contributed by atoms with Crippen molar-refractivity contribution < 1.29 is 14.6 Å². The second kappa shape index (κ2) is 8.46. The van der Waals surface area contributed by atoms with Gasteiger partial charge in [-0.25, -0.2) is 0 Å². The Morgan fingerprint density at radius 2 is 2.32 bits per heavy atom. The lowest BCUT2D eigenvalue weighted by Crippen LogP contribution is -2.13. The topological polar surface area (TPSA) is 58.6 Å². The summed E-state index contributed by atoms with van der Waals surface area (Å²) in [7, 11) is 1.55. The van der Waals surface area contributed by atoms with E-state index in [9.17, 15) is 4.79 Å². The van der Waals surface area contributed by atoms with E-state index in [1.54, 1.807) is 37.1 Å². The van der Waals surface area contributed by atoms with Crippen molar-refractivity contribution in [2.45, 2.75) is 6.42 Å². The van der Waals surface area contributed by atoms with E-state index >= 15 is 0 Å². The van der Waals surface area contributed by atoms with Gasteiger partial charge in [0.05, 0.1) is 12.8 Å². The van der Waals surface area contributed by atoms with Crippen LogP contribution in [0, 0.1) is 11.8 Å². The monoisotopic (exact) mass is 279 g/mol. The predicted octanol–water partition coefficient (Wildman–Crippen LogP) is 1.73. The zero-order chi connectivity index (χ0) is 14.1. The first-order valence-electron chi connectivity index (χ1n) is 5.77. The third-order valence-electron chi connectivity index (χ3n) is 2.32. The number of rotatable bonds is 5. The lowest BCUT2D eigenvalue weighted by Gasteiger charge is -2.10. The lowest BCUT2D eigenvalue weighted by molar-refractivity contribution is -0.115. The third-order valence-corrected chi connectivity index (χ3v) is 2.93. The molecule has 19 heavy (non-hydrogen) atoms. The summed E-state index contributed by atoms with van der Waals surface area (Å²) >= 11 is 1.62. The van der Waals surface area contributed by atoms with Gasteiger partial charge in [0.15, 0.2) is 0 Å². The number of ether oxygens (including phenoxy) is 1. The van der Waals surface area contributed by atoms with Crippen molar-refractivity contribution in [3.63, 3.8) is 0 Å². The highest BCUT2D eigenvalue weighted by atomic mass is 32.2. The molecule has 5 heteroatoms. The van der Waals surface area contributed by atoms with E-state index in [0.717, 1.165) is 11.3 Å². The number of anilines is 1. The van der Waals surface area contributed by atoms with Gasteiger partial charge < -0.3 is 15.2 Å². The van der Waals surface area contributed by atoms with E-state index in [2.05, 4.69) is 17.2 Å². The smallest absolute Gasteiger partial charge is 0.225 e. The standard InChI is InChI=1S/C14H17NO3S/c1-18-13-6-5-11(4-3-8-16)10-12(13)15-14(17)7-9-19-2/h5-6,10,16H,7-9H2,1-2H3,(H,15,17). The molecule has 2 N–H and O–H groups in total. The van der Waals surface area contributed by atoms with E-state index in [1.165, 1.54) is 0 Å². The number of amides is 1. The van der Waals surface area contributed by atoms with Crippen molar-refractivity contribution in [1.29, 1.82) is 0 Å². The molecule has 1 aromatic carbocycles. The van der Waals surface area contributed by atoms with E-state index in [0.29, 0.717) is 17.9 Å². The molecule has 0 saturated carbocycles. The van der Waals surface area contributed by atoms with Crippen LogP contribution in [-0.2, 0) is 4.79 Å². The summed E-state index contributed by atoms with van der Waals surface area (Å²) < 4.78 is 5.19. The van der Waals surface area contributed by atoms with Gasteiger partial charge in [0.1, 0.15) is 12.4 Å². The normalized spacial score (nSPS) is 9.42. The maximum atomic E-state index is 11.7. The molecule has 1 aromatic rings. The maximum absolute atomic E-state index is 11.7. The van der Waals surface area contributed by atoms with Gasteiger partial charge in [-0.15, -0.1) is 0 Å². The van der Waals surface area contributed by atoms with Crippen molar-refractivity contribution >= 4 is 23.4 Å². The van der Waals surface area contributed by atoms with Crippen LogP contribution in [-0.4, -0.2) is 36.7 Å². The molecular formula is C14H17NO3S. The van der Waals surface area contributed by atoms with Crippen LogP contribution in [0.3, 0.4) is 0 Å². The van der Waals surface area contributed by atoms with Gasteiger partial charge in [0.25, 0.3) is 0 Å². The van der Waals surface area contributed by atoms with E-state index in [1.807, 2.05) is 6.26 Å². The van der Waals surface area contributed by atoms with Crippen LogP contribution in [0.25, 0.3) is 0 Å². The van der Waals surface area contributed by atoms with Gasteiger partial charge in [0.2, 0.25) is 5.91 Å². The Morgan fingerprint density at radius 1 is 1.53 bits per heavy atom. The summed E-state index contributed by atoms with van der Waals surface area (Å²) in [6, 6.07) is 5.25. The fourth-order valence-electron chi connectivity index (χ4n) is 1.43. The SMILES string of the molecule is COc1ccc(C#CCO)cc1NC(=O)CCSC. The number of carbonyl (C=O) groups is 1. The fourth-order valence-corrected chi connectivity index (χ4v) is 1.82. The molecule has 0 atom stereocenters. The van der Waals surface area contributed by atoms with Gasteiger partial charge in [0, 0.05) is 17.7 Å². The molecule has 102 valence electrons. The minimum absolute atomic E-state index is 0.0556. The summed E-state index contributed by atoms with van der Waals surface area (Å²) in [5, 5.41) is 11.5. The first-order valence-corrected chi connectivity index (χ1v) is 7.17. The summed E-state index contributed by atoms with van der Waals surface area (Å²) in [6.07, 6.45) is 2.41. The van der Waals surface area contributed by atoms with Crippen LogP contribution in [0.1, 0.15) is 12.0 Å². The molecular weight excluding hydrogens is 262 g/mol. The Kier molecular flexibility index (Phi) is 6.86. The molecule has 0 unspecified atom stereocenters. The number of aliphatic hydroxyl groups excluding tert-OH is 1. The third kappa shape index (κ3) is 5.25. The van der Waals surface area contributed by atoms with E-state index < -0.39 is 0 Å². The molecule has 0 heterocycles. The first kappa shape index (κ1) is 15.4. The first-order chi connectivity index (χ1) is 9.21. The molecule has 1 rings (SSSR count). The van der Waals surface area contributed by atoms with Crippen molar-refractivity contribution in [3.05, 3.63) is 23.8 Å². The van der Waals surface area contributed by atoms with E-state index in [4.69, 9.17) is 9.84 Å². The highest BCUT2D eigenvalue weighted by Crippen LogP contribution is 2.25. The van der Waals surface area contributed by atoms with Crippen molar-refractivity contribution in [2.24, 2.45) is 0 Å². The number of carbonyl (C=O) groups excluding carboxylic acids is 1. The molecule has 0 aliphatic carbocycles. The highest BCUT2D eigenvalue weighted by molar-refractivity contribution is 7.98. The second-order valence-corrected chi connectivity index (χ2v) is 4.65. The number of thioether (sulfide) groups is 1. The molecule has 0 spiro atoms. The number of nitrogens with one attached hydrogen (secondary N) is 1. The molecule has 0 aliphatic heterocycles. The lowest BCUT2D eigenvalue weighted by atomic mass is 10.2. The van der Waals surface area contributed by atoms with Crippen LogP contribution < -0.4 is 10.1 Å². The highest BCUT2D eigenvalue weighted by Gasteiger charge is 2.07. The molecule has 0 saturated heterocycles. The van der Waals surface area contributed by atoms with Gasteiger partial charge in [-0.3, -0.25) is 4.79 Å². The van der Waals surface area contributed by atoms with Crippen LogP contribution in [0.15, 0.2) is 18.2 Å². The zero-order valence-electron chi connectivity index (χ0n) is 11.0. The maximum Gasteiger partial charge on any atom is 0.225 e. The molecule has 1 amide bonds. The summed E-state index contributed by atoms with van der Waals surface area (Å²) in [4.78, 5) is 11.7. The number of aliphatic hydroxyl groups is 1. The molecule has 0 bridgehead atoms. The second-order valence-electron chi connectivity index (χ2n) is 3.67. The largest absolute Gasteiger partial charge is 0.495 e. The Hall–Kier alpha value is -1.64. The average Bonchev–Trinajstić information content (AvgIpc) is 2.43. The number of hydrogen-bond donors (Lipinski definition) is 2. The summed E-state index contributed by atoms with van der Waals surface area (Å²) in [5.41, 5.74) is 1.31. The zero-order valence-corrected chi connectivity index (χ0v) is 11.8. The predicted molar refractivity (Wildman–Crippen MR) is 78.6 cm³/mol. The van der Waals surface area contributed by atoms with Gasteiger partial charge in [-0.1, -0.05) is 11.8 Å². The molecule has 4 nitrogen and oxygen atoms in total. The molecule has 0 aromatic heterocycles. The van der Waals surface area contributed by atoms with Crippen LogP contribution >= 0.6 is 11.8 Å². The fraction of sp³-hybridized carbons (Fsp3) is 0.357. The number of benzene rings is 1. The molecule has 0 aliphatic rings. The quantitative estimate of drug-likeness (QED) is 0.806. The van der Waals surface area contributed by atoms with Crippen LogP contribution in [0.4, 0.5) is 5.69 Å². The van der Waals surface area contributed by atoms with Gasteiger partial charge in [-0.05, 0) is 24.5 Å². The minimum Gasteiger partial charge on any atom is -0.495 e. The average molecular weight is 279 g/mol. The number of methoxy groups -OCH3 is 1. The van der Waals surface area contributed by atoms with Gasteiger partial charge in [-0.2, -0.15) is 11.8 Å². The molecule has 0 radical (unpaired) electrons. The van der Waals surface area contributed by atoms with Gasteiger partial charge >= 0.3 is 0 Å². The minimum atomic E-state index is -0.193. The number of hydrogen-bond acceptors (Lipinski definition) is 4. The Balaban J connectivity index is 2.86. The van der Waals surface area contributed by atoms with Crippen molar-refractivity contribution in [2.75, 3.05) is 31.0 Å². The van der Waals surface area contributed by atoms with Crippen LogP contribution in [0.5, 0.6) is 5.75 Å². The summed E-state index contributed by atoms with van der Waals surface area (Å²) in [6.45, 7) is -0.193. The Labute approximate surface area is 117 Å². The Morgan fingerprint density at radius 3 is 2.95 bits per heavy atom. The van der Waals surface area contributed by atoms with Crippen molar-refractivity contribution in [3.8, 4) is 17.6 Å². The van der Waals surface area contributed by atoms with Crippen LogP contribution in [0.2, 0.25) is 0 Å². The van der Waals surface area contributed by atoms with E-state index in [-0.39, 0.29) is 12.5 Å². The summed E-state index contributed by atoms with van der Waals surface area (Å²) in [5.74, 6) is 6.67. The molecule has 0 fully saturated rings. The Bertz CT molecular complexity index is 491.